The molecule has 0 saturated heterocycles. The number of rotatable bonds is 21. The first-order valence-corrected chi connectivity index (χ1v) is 22.1. The monoisotopic (exact) mass is 868 g/mol. The molecule has 0 spiro atoms. The molecule has 0 fully saturated rings. The highest BCUT2D eigenvalue weighted by atomic mass is 32.1. The molecule has 1 heterocycles. The molecular weight excluding hydrogens is 813 g/mol. The standard InChI is InChI=1S/C50H56N6O6S/c1-5-61-48(62-6-2)36(3)56(33-38-35-63-44-30-20-19-29-42(38)44)47(59)43(52-46(58)34-55(4)54-49(60)51-32-37-21-11-7-12-22-37)31-45(57)53-50(39-23-13-8-14-24-39,40-25-15-9-16-26-40)41-27-17-10-18-28-41/h7-30,35-36,43,48H,5-6,31-34H2,1-4H3,(H,52,58)(H,53,57)(H2,51,54,60)/t36-,43-/m0/s1. The average molecular weight is 869 g/mol. The number of thiophene rings is 1. The molecule has 0 aliphatic rings. The van der Waals surface area contributed by atoms with Crippen LogP contribution in [0.4, 0.5) is 4.79 Å². The number of hydrogen-bond donors (Lipinski definition) is 4. The summed E-state index contributed by atoms with van der Waals surface area (Å²) < 4.78 is 13.1. The van der Waals surface area contributed by atoms with E-state index >= 15 is 4.79 Å². The molecule has 13 heteroatoms. The molecule has 6 rings (SSSR count). The molecule has 12 nitrogen and oxygen atoms in total. The van der Waals surface area contributed by atoms with Crippen LogP contribution in [0.2, 0.25) is 0 Å². The van der Waals surface area contributed by atoms with Crippen LogP contribution in [-0.2, 0) is 42.5 Å². The summed E-state index contributed by atoms with van der Waals surface area (Å²) in [7, 11) is 1.55. The Bertz CT molecular complexity index is 2280. The van der Waals surface area contributed by atoms with Crippen LogP contribution >= 0.6 is 11.3 Å². The Morgan fingerprint density at radius 1 is 0.698 bits per heavy atom. The van der Waals surface area contributed by atoms with Gasteiger partial charge in [0.15, 0.2) is 6.29 Å². The number of ether oxygens (including phenoxy) is 2. The van der Waals surface area contributed by atoms with E-state index < -0.39 is 54.1 Å². The zero-order chi connectivity index (χ0) is 44.6. The number of fused-ring (bicyclic) bond motifs is 1. The molecule has 2 atom stereocenters. The van der Waals surface area contributed by atoms with Gasteiger partial charge in [-0.25, -0.2) is 9.80 Å². The Labute approximate surface area is 373 Å². The summed E-state index contributed by atoms with van der Waals surface area (Å²) in [5.74, 6) is -1.59. The summed E-state index contributed by atoms with van der Waals surface area (Å²) in [6.45, 7) is 6.34. The molecule has 0 unspecified atom stereocenters. The van der Waals surface area contributed by atoms with Crippen molar-refractivity contribution in [2.45, 2.75) is 64.2 Å². The number of likely N-dealkylation sites (N-methyl/N-ethyl adjacent to an activating group) is 1. The van der Waals surface area contributed by atoms with Gasteiger partial charge in [-0.3, -0.25) is 19.8 Å². The number of nitrogens with zero attached hydrogens (tertiary/aromatic N) is 2. The maximum atomic E-state index is 15.3. The van der Waals surface area contributed by atoms with Crippen molar-refractivity contribution in [1.82, 2.24) is 31.3 Å². The van der Waals surface area contributed by atoms with E-state index in [9.17, 15) is 14.4 Å². The minimum Gasteiger partial charge on any atom is -0.351 e. The van der Waals surface area contributed by atoms with Gasteiger partial charge in [-0.2, -0.15) is 0 Å². The van der Waals surface area contributed by atoms with Gasteiger partial charge in [-0.05, 0) is 65.4 Å². The van der Waals surface area contributed by atoms with Crippen LogP contribution in [0, 0.1) is 0 Å². The third-order valence-corrected chi connectivity index (χ3v) is 11.7. The quantitative estimate of drug-likeness (QED) is 0.0337. The lowest BCUT2D eigenvalue weighted by Crippen LogP contribution is -2.58. The van der Waals surface area contributed by atoms with Crippen molar-refractivity contribution in [2.75, 3.05) is 26.8 Å². The van der Waals surface area contributed by atoms with E-state index in [0.29, 0.717) is 13.2 Å². The van der Waals surface area contributed by atoms with Crippen LogP contribution in [0.25, 0.3) is 10.1 Å². The van der Waals surface area contributed by atoms with E-state index in [4.69, 9.17) is 9.47 Å². The highest BCUT2D eigenvalue weighted by Crippen LogP contribution is 2.37. The van der Waals surface area contributed by atoms with E-state index in [-0.39, 0.29) is 19.6 Å². The van der Waals surface area contributed by atoms with E-state index in [1.807, 2.05) is 172 Å². The second kappa shape index (κ2) is 22.6. The normalized spacial score (nSPS) is 12.4. The van der Waals surface area contributed by atoms with Gasteiger partial charge in [0.05, 0.1) is 19.0 Å². The summed E-state index contributed by atoms with van der Waals surface area (Å²) in [4.78, 5) is 58.7. The van der Waals surface area contributed by atoms with Crippen molar-refractivity contribution >= 4 is 45.2 Å². The highest BCUT2D eigenvalue weighted by molar-refractivity contribution is 7.17. The van der Waals surface area contributed by atoms with Crippen LogP contribution in [-0.4, -0.2) is 78.8 Å². The first kappa shape index (κ1) is 46.1. The third kappa shape index (κ3) is 12.0. The van der Waals surface area contributed by atoms with Crippen molar-refractivity contribution in [3.8, 4) is 0 Å². The molecule has 6 aromatic rings. The van der Waals surface area contributed by atoms with Crippen molar-refractivity contribution in [3.63, 3.8) is 0 Å². The van der Waals surface area contributed by atoms with Gasteiger partial charge in [0.1, 0.15) is 11.6 Å². The second-order valence-corrected chi connectivity index (χ2v) is 16.0. The topological polar surface area (TPSA) is 141 Å². The molecule has 5 aromatic carbocycles. The Kier molecular flexibility index (Phi) is 16.6. The number of urea groups is 1. The van der Waals surface area contributed by atoms with Crippen molar-refractivity contribution in [3.05, 3.63) is 179 Å². The van der Waals surface area contributed by atoms with E-state index in [1.54, 1.807) is 23.3 Å². The fourth-order valence-electron chi connectivity index (χ4n) is 7.68. The van der Waals surface area contributed by atoms with Gasteiger partial charge in [0.25, 0.3) is 0 Å². The number of benzene rings is 5. The molecule has 0 aliphatic heterocycles. The number of nitrogens with one attached hydrogen (secondary N) is 4. The van der Waals surface area contributed by atoms with Crippen LogP contribution in [0.15, 0.2) is 151 Å². The molecular formula is C50H56N6O6S. The Morgan fingerprint density at radius 2 is 1.22 bits per heavy atom. The average Bonchev–Trinajstić information content (AvgIpc) is 3.72. The molecule has 328 valence electrons. The van der Waals surface area contributed by atoms with Gasteiger partial charge in [-0.1, -0.05) is 140 Å². The summed E-state index contributed by atoms with van der Waals surface area (Å²) >= 11 is 1.57. The number of carbonyl (C=O) groups excluding carboxylic acids is 4. The number of amides is 5. The van der Waals surface area contributed by atoms with E-state index in [2.05, 4.69) is 21.4 Å². The predicted molar refractivity (Wildman–Crippen MR) is 247 cm³/mol. The molecule has 0 bridgehead atoms. The van der Waals surface area contributed by atoms with E-state index in [1.165, 1.54) is 5.01 Å². The molecule has 1 aromatic heterocycles. The predicted octanol–water partition coefficient (Wildman–Crippen LogP) is 7.35. The van der Waals surface area contributed by atoms with Crippen LogP contribution < -0.4 is 21.4 Å². The van der Waals surface area contributed by atoms with Gasteiger partial charge in [0.2, 0.25) is 17.7 Å². The van der Waals surface area contributed by atoms with Gasteiger partial charge < -0.3 is 30.3 Å². The van der Waals surface area contributed by atoms with Gasteiger partial charge in [-0.15, -0.1) is 11.3 Å². The zero-order valence-corrected chi connectivity index (χ0v) is 37.0. The zero-order valence-electron chi connectivity index (χ0n) is 36.2. The largest absolute Gasteiger partial charge is 0.351 e. The fourth-order valence-corrected chi connectivity index (χ4v) is 8.63. The first-order chi connectivity index (χ1) is 30.6. The van der Waals surface area contributed by atoms with Gasteiger partial charge >= 0.3 is 6.03 Å². The van der Waals surface area contributed by atoms with E-state index in [0.717, 1.165) is 37.9 Å². The molecule has 5 amide bonds. The summed E-state index contributed by atoms with van der Waals surface area (Å²) in [5.41, 5.74) is 5.70. The van der Waals surface area contributed by atoms with Crippen molar-refractivity contribution in [2.24, 2.45) is 0 Å². The van der Waals surface area contributed by atoms with Crippen LogP contribution in [0.3, 0.4) is 0 Å². The number of hydrogen-bond acceptors (Lipinski definition) is 8. The number of hydrazine groups is 1. The maximum absolute atomic E-state index is 15.3. The van der Waals surface area contributed by atoms with Crippen LogP contribution in [0.1, 0.15) is 55.0 Å². The van der Waals surface area contributed by atoms with Crippen molar-refractivity contribution in [1.29, 1.82) is 0 Å². The smallest absolute Gasteiger partial charge is 0.329 e. The van der Waals surface area contributed by atoms with Crippen LogP contribution in [0.5, 0.6) is 0 Å². The molecule has 0 saturated carbocycles. The highest BCUT2D eigenvalue weighted by Gasteiger charge is 2.40. The Hall–Kier alpha value is -6.38. The fraction of sp³-hybridized carbons (Fsp3) is 0.280. The molecule has 0 radical (unpaired) electrons. The first-order valence-electron chi connectivity index (χ1n) is 21.2. The molecule has 63 heavy (non-hydrogen) atoms. The van der Waals surface area contributed by atoms with Gasteiger partial charge in [0, 0.05) is 38.1 Å². The summed E-state index contributed by atoms with van der Waals surface area (Å²) in [6, 6.07) is 43.9. The Morgan fingerprint density at radius 3 is 1.78 bits per heavy atom. The summed E-state index contributed by atoms with van der Waals surface area (Å²) in [6.07, 6.45) is -1.22. The lowest BCUT2D eigenvalue weighted by atomic mass is 9.77. The molecule has 4 N–H and O–H groups in total. The summed E-state index contributed by atoms with van der Waals surface area (Å²) in [5, 5.41) is 13.4. The Balaban J connectivity index is 1.34. The third-order valence-electron chi connectivity index (χ3n) is 10.7. The SMILES string of the molecule is CCOC(OCC)[C@H](C)N(Cc1csc2ccccc12)C(=O)[C@H](CC(=O)NC(c1ccccc1)(c1ccccc1)c1ccccc1)NC(=O)CN(C)NC(=O)NCc1ccccc1. The lowest BCUT2D eigenvalue weighted by molar-refractivity contribution is -0.180. The number of carbonyl (C=O) groups is 4. The minimum absolute atomic E-state index is 0.152. The maximum Gasteiger partial charge on any atom is 0.329 e. The minimum atomic E-state index is -1.35. The van der Waals surface area contributed by atoms with Crippen molar-refractivity contribution < 1.29 is 28.7 Å². The molecule has 0 aliphatic carbocycles. The lowest BCUT2D eigenvalue weighted by Gasteiger charge is -2.38. The second-order valence-electron chi connectivity index (χ2n) is 15.1.